The van der Waals surface area contributed by atoms with Crippen molar-refractivity contribution in [1.82, 2.24) is 4.90 Å². The van der Waals surface area contributed by atoms with E-state index in [0.29, 0.717) is 18.3 Å². The lowest BCUT2D eigenvalue weighted by Gasteiger charge is -2.41. The predicted octanol–water partition coefficient (Wildman–Crippen LogP) is 3.94. The highest BCUT2D eigenvalue weighted by Crippen LogP contribution is 2.22. The normalized spacial score (nSPS) is 18.0. The van der Waals surface area contributed by atoms with Gasteiger partial charge in [0.1, 0.15) is 5.82 Å². The molecule has 0 bridgehead atoms. The maximum atomic E-state index is 13.2. The second kappa shape index (κ2) is 8.06. The van der Waals surface area contributed by atoms with Gasteiger partial charge in [-0.25, -0.2) is 4.39 Å². The zero-order chi connectivity index (χ0) is 18.7. The second-order valence-corrected chi connectivity index (χ2v) is 7.20. The summed E-state index contributed by atoms with van der Waals surface area (Å²) in [5.74, 6) is -0.616. The van der Waals surface area contributed by atoms with Crippen molar-refractivity contribution >= 4 is 28.9 Å². The number of anilines is 2. The Bertz CT molecular complexity index is 781. The fourth-order valence-corrected chi connectivity index (χ4v) is 3.45. The first-order chi connectivity index (χ1) is 12.4. The van der Waals surface area contributed by atoms with Crippen molar-refractivity contribution < 1.29 is 9.18 Å². The summed E-state index contributed by atoms with van der Waals surface area (Å²) >= 11 is 5.75. The van der Waals surface area contributed by atoms with Gasteiger partial charge < -0.3 is 10.2 Å². The number of benzene rings is 2. The summed E-state index contributed by atoms with van der Waals surface area (Å²) in [4.78, 5) is 16.8. The maximum Gasteiger partial charge on any atom is 0.238 e. The third-order valence-corrected chi connectivity index (χ3v) is 4.94. The Kier molecular flexibility index (Phi) is 5.79. The Balaban J connectivity index is 1.54. The standard InChI is InChI=1S/C20H23ClFN3O/c1-14-3-6-17(7-4-14)25-10-9-24(12-15(25)2)13-20(26)23-16-5-8-19(22)18(21)11-16/h3-8,11,15H,9-10,12-13H2,1-2H3,(H,23,26). The minimum atomic E-state index is -0.495. The Labute approximate surface area is 158 Å². The molecule has 0 aliphatic carbocycles. The highest BCUT2D eigenvalue weighted by Gasteiger charge is 2.25. The molecule has 2 aromatic rings. The number of nitrogens with zero attached hydrogens (tertiary/aromatic N) is 2. The lowest BCUT2D eigenvalue weighted by atomic mass is 10.1. The number of hydrogen-bond acceptors (Lipinski definition) is 3. The average molecular weight is 376 g/mol. The fourth-order valence-electron chi connectivity index (χ4n) is 3.27. The number of nitrogens with one attached hydrogen (secondary N) is 1. The van der Waals surface area contributed by atoms with Crippen LogP contribution >= 0.6 is 11.6 Å². The van der Waals surface area contributed by atoms with Gasteiger partial charge in [-0.05, 0) is 44.2 Å². The molecule has 0 spiro atoms. The molecule has 2 aromatic carbocycles. The Morgan fingerprint density at radius 3 is 2.62 bits per heavy atom. The van der Waals surface area contributed by atoms with Crippen LogP contribution in [0.15, 0.2) is 42.5 Å². The summed E-state index contributed by atoms with van der Waals surface area (Å²) in [7, 11) is 0. The van der Waals surface area contributed by atoms with E-state index in [0.717, 1.165) is 19.6 Å². The molecule has 0 saturated carbocycles. The largest absolute Gasteiger partial charge is 0.366 e. The van der Waals surface area contributed by atoms with Crippen LogP contribution in [0.2, 0.25) is 5.02 Å². The molecule has 0 aromatic heterocycles. The van der Waals surface area contributed by atoms with E-state index in [1.807, 2.05) is 0 Å². The average Bonchev–Trinajstić information content (AvgIpc) is 2.59. The zero-order valence-electron chi connectivity index (χ0n) is 15.0. The number of carbonyl (C=O) groups excluding carboxylic acids is 1. The van der Waals surface area contributed by atoms with Gasteiger partial charge >= 0.3 is 0 Å². The lowest BCUT2D eigenvalue weighted by Crippen LogP contribution is -2.53. The van der Waals surface area contributed by atoms with Crippen LogP contribution in [0.4, 0.5) is 15.8 Å². The summed E-state index contributed by atoms with van der Waals surface area (Å²) in [5, 5.41) is 2.78. The molecule has 1 aliphatic rings. The molecule has 1 saturated heterocycles. The van der Waals surface area contributed by atoms with Crippen molar-refractivity contribution in [3.8, 4) is 0 Å². The van der Waals surface area contributed by atoms with Gasteiger partial charge in [0, 0.05) is 37.1 Å². The van der Waals surface area contributed by atoms with Gasteiger partial charge in [-0.3, -0.25) is 9.69 Å². The summed E-state index contributed by atoms with van der Waals surface area (Å²) < 4.78 is 13.2. The molecular formula is C20H23ClFN3O. The Morgan fingerprint density at radius 1 is 1.23 bits per heavy atom. The van der Waals surface area contributed by atoms with Crippen molar-refractivity contribution in [1.29, 1.82) is 0 Å². The van der Waals surface area contributed by atoms with Gasteiger partial charge in [0.05, 0.1) is 11.6 Å². The second-order valence-electron chi connectivity index (χ2n) is 6.79. The number of aryl methyl sites for hydroxylation is 1. The first kappa shape index (κ1) is 18.7. The summed E-state index contributed by atoms with van der Waals surface area (Å²) in [6.07, 6.45) is 0. The fraction of sp³-hybridized carbons (Fsp3) is 0.350. The number of amides is 1. The molecule has 1 heterocycles. The molecule has 1 atom stereocenters. The molecule has 1 unspecified atom stereocenters. The van der Waals surface area contributed by atoms with E-state index in [1.54, 1.807) is 0 Å². The van der Waals surface area contributed by atoms with Crippen LogP contribution < -0.4 is 10.2 Å². The van der Waals surface area contributed by atoms with Crippen molar-refractivity contribution in [2.45, 2.75) is 19.9 Å². The smallest absolute Gasteiger partial charge is 0.238 e. The van der Waals surface area contributed by atoms with Gasteiger partial charge in [-0.2, -0.15) is 0 Å². The molecule has 1 amide bonds. The zero-order valence-corrected chi connectivity index (χ0v) is 15.8. The SMILES string of the molecule is Cc1ccc(N2CCN(CC(=O)Nc3ccc(F)c(Cl)c3)CC2C)cc1. The van der Waals surface area contributed by atoms with E-state index in [1.165, 1.54) is 29.4 Å². The Hall–Kier alpha value is -2.11. The predicted molar refractivity (Wildman–Crippen MR) is 104 cm³/mol. The van der Waals surface area contributed by atoms with Gasteiger partial charge in [-0.1, -0.05) is 29.3 Å². The first-order valence-corrected chi connectivity index (χ1v) is 9.11. The van der Waals surface area contributed by atoms with Crippen LogP contribution in [-0.2, 0) is 4.79 Å². The number of rotatable bonds is 4. The van der Waals surface area contributed by atoms with Gasteiger partial charge in [-0.15, -0.1) is 0 Å². The van der Waals surface area contributed by atoms with Crippen LogP contribution in [0.1, 0.15) is 12.5 Å². The molecule has 1 fully saturated rings. The van der Waals surface area contributed by atoms with Crippen molar-refractivity contribution in [3.05, 3.63) is 58.9 Å². The monoisotopic (exact) mass is 375 g/mol. The molecule has 1 aliphatic heterocycles. The molecule has 0 radical (unpaired) electrons. The van der Waals surface area contributed by atoms with Gasteiger partial charge in [0.15, 0.2) is 0 Å². The van der Waals surface area contributed by atoms with Crippen LogP contribution in [-0.4, -0.2) is 43.0 Å². The van der Waals surface area contributed by atoms with Crippen LogP contribution in [0, 0.1) is 12.7 Å². The lowest BCUT2D eigenvalue weighted by molar-refractivity contribution is -0.117. The van der Waals surface area contributed by atoms with E-state index in [9.17, 15) is 9.18 Å². The number of halogens is 2. The van der Waals surface area contributed by atoms with E-state index in [4.69, 9.17) is 11.6 Å². The molecule has 6 heteroatoms. The Morgan fingerprint density at radius 2 is 1.96 bits per heavy atom. The summed E-state index contributed by atoms with van der Waals surface area (Å²) in [6, 6.07) is 13.0. The van der Waals surface area contributed by atoms with Crippen molar-refractivity contribution in [2.75, 3.05) is 36.4 Å². The number of piperazine rings is 1. The van der Waals surface area contributed by atoms with Gasteiger partial charge in [0.25, 0.3) is 0 Å². The third-order valence-electron chi connectivity index (χ3n) is 4.65. The van der Waals surface area contributed by atoms with Crippen LogP contribution in [0.5, 0.6) is 0 Å². The molecular weight excluding hydrogens is 353 g/mol. The first-order valence-electron chi connectivity index (χ1n) is 8.73. The van der Waals surface area contributed by atoms with Crippen LogP contribution in [0.3, 0.4) is 0 Å². The van der Waals surface area contributed by atoms with Crippen molar-refractivity contribution in [2.24, 2.45) is 0 Å². The summed E-state index contributed by atoms with van der Waals surface area (Å²) in [6.45, 7) is 7.06. The highest BCUT2D eigenvalue weighted by molar-refractivity contribution is 6.31. The quantitative estimate of drug-likeness (QED) is 0.879. The van der Waals surface area contributed by atoms with E-state index < -0.39 is 5.82 Å². The molecule has 1 N–H and O–H groups in total. The molecule has 26 heavy (non-hydrogen) atoms. The molecule has 3 rings (SSSR count). The number of carbonyl (C=O) groups is 1. The van der Waals surface area contributed by atoms with Gasteiger partial charge in [0.2, 0.25) is 5.91 Å². The molecule has 138 valence electrons. The number of hydrogen-bond donors (Lipinski definition) is 1. The van der Waals surface area contributed by atoms with E-state index >= 15 is 0 Å². The van der Waals surface area contributed by atoms with Crippen molar-refractivity contribution in [3.63, 3.8) is 0 Å². The van der Waals surface area contributed by atoms with E-state index in [-0.39, 0.29) is 10.9 Å². The summed E-state index contributed by atoms with van der Waals surface area (Å²) in [5.41, 5.74) is 2.97. The topological polar surface area (TPSA) is 35.6 Å². The highest BCUT2D eigenvalue weighted by atomic mass is 35.5. The van der Waals surface area contributed by atoms with E-state index in [2.05, 4.69) is 53.2 Å². The minimum Gasteiger partial charge on any atom is -0.366 e. The minimum absolute atomic E-state index is 0.00290. The third kappa shape index (κ3) is 4.54. The molecule has 4 nitrogen and oxygen atoms in total. The van der Waals surface area contributed by atoms with Crippen LogP contribution in [0.25, 0.3) is 0 Å². The maximum absolute atomic E-state index is 13.2.